The number of non-ortho nitro benzene ring substituents is 1. The lowest BCUT2D eigenvalue weighted by molar-refractivity contribution is -0.384. The van der Waals surface area contributed by atoms with Crippen molar-refractivity contribution in [2.45, 2.75) is 45.4 Å². The first-order valence-electron chi connectivity index (χ1n) is 11.2. The van der Waals surface area contributed by atoms with Crippen LogP contribution in [0.25, 0.3) is 11.4 Å². The number of carbonyl (C=O) groups is 1. The van der Waals surface area contributed by atoms with Gasteiger partial charge in [0.2, 0.25) is 5.91 Å². The van der Waals surface area contributed by atoms with Gasteiger partial charge in [0.05, 0.1) is 4.92 Å². The van der Waals surface area contributed by atoms with Crippen molar-refractivity contribution in [3.63, 3.8) is 0 Å². The number of benzene rings is 1. The second-order valence-electron chi connectivity index (χ2n) is 8.43. The first-order chi connectivity index (χ1) is 15.0. The molecule has 2 aromatic rings. The van der Waals surface area contributed by atoms with Crippen molar-refractivity contribution in [1.82, 2.24) is 14.9 Å². The van der Waals surface area contributed by atoms with E-state index < -0.39 is 4.92 Å². The number of likely N-dealkylation sites (tertiary alicyclic amines) is 1. The van der Waals surface area contributed by atoms with Crippen molar-refractivity contribution in [2.24, 2.45) is 5.92 Å². The molecular formula is C23H29N5O3. The highest BCUT2D eigenvalue weighted by Crippen LogP contribution is 2.27. The van der Waals surface area contributed by atoms with E-state index in [-0.39, 0.29) is 5.69 Å². The van der Waals surface area contributed by atoms with E-state index in [2.05, 4.69) is 21.7 Å². The van der Waals surface area contributed by atoms with Crippen LogP contribution in [-0.2, 0) is 11.2 Å². The van der Waals surface area contributed by atoms with Crippen molar-refractivity contribution in [1.29, 1.82) is 0 Å². The molecule has 0 bridgehead atoms. The van der Waals surface area contributed by atoms with Gasteiger partial charge < -0.3 is 9.80 Å². The molecule has 8 heteroatoms. The summed E-state index contributed by atoms with van der Waals surface area (Å²) in [5, 5.41) is 10.9. The maximum atomic E-state index is 12.1. The van der Waals surface area contributed by atoms with Gasteiger partial charge in [-0.05, 0) is 50.2 Å². The lowest BCUT2D eigenvalue weighted by atomic mass is 9.95. The lowest BCUT2D eigenvalue weighted by Crippen LogP contribution is -2.43. The van der Waals surface area contributed by atoms with Gasteiger partial charge in [-0.3, -0.25) is 14.9 Å². The number of amides is 1. The average molecular weight is 424 g/mol. The number of aromatic nitrogens is 2. The standard InChI is InChI=1S/C23H29N5O3/c1-2-19-15-21(25-23(24-19)18-6-8-20(9-7-18)28(30)31)26-13-10-17(11-14-26)16-27-12-4-3-5-22(27)29/h6-9,15,17H,2-5,10-14,16H2,1H3. The number of anilines is 1. The molecule has 0 aliphatic carbocycles. The van der Waals surface area contributed by atoms with Crippen LogP contribution in [-0.4, -0.2) is 51.9 Å². The minimum Gasteiger partial charge on any atom is -0.356 e. The highest BCUT2D eigenvalue weighted by atomic mass is 16.6. The first kappa shape index (κ1) is 21.2. The Balaban J connectivity index is 1.45. The van der Waals surface area contributed by atoms with Crippen molar-refractivity contribution in [3.05, 3.63) is 46.1 Å². The van der Waals surface area contributed by atoms with Crippen LogP contribution < -0.4 is 4.90 Å². The number of piperidine rings is 2. The summed E-state index contributed by atoms with van der Waals surface area (Å²) in [5.74, 6) is 2.36. The van der Waals surface area contributed by atoms with Gasteiger partial charge in [0, 0.05) is 62.1 Å². The van der Waals surface area contributed by atoms with Crippen molar-refractivity contribution < 1.29 is 9.72 Å². The Morgan fingerprint density at radius 3 is 2.48 bits per heavy atom. The molecule has 0 N–H and O–H groups in total. The predicted octanol–water partition coefficient (Wildman–Crippen LogP) is 3.84. The van der Waals surface area contributed by atoms with Crippen molar-refractivity contribution >= 4 is 17.4 Å². The third kappa shape index (κ3) is 5.00. The number of carbonyl (C=O) groups excluding carboxylic acids is 1. The van der Waals surface area contributed by atoms with E-state index in [4.69, 9.17) is 4.98 Å². The normalized spacial score (nSPS) is 17.8. The molecule has 2 aliphatic rings. The van der Waals surface area contributed by atoms with E-state index in [0.29, 0.717) is 24.1 Å². The third-order valence-electron chi connectivity index (χ3n) is 6.30. The molecule has 4 rings (SSSR count). The molecule has 0 unspecified atom stereocenters. The Kier molecular flexibility index (Phi) is 6.44. The topological polar surface area (TPSA) is 92.5 Å². The fourth-order valence-electron chi connectivity index (χ4n) is 4.40. The van der Waals surface area contributed by atoms with Crippen LogP contribution in [0.2, 0.25) is 0 Å². The van der Waals surface area contributed by atoms with E-state index in [1.54, 1.807) is 12.1 Å². The number of rotatable bonds is 6. The van der Waals surface area contributed by atoms with Crippen LogP contribution >= 0.6 is 0 Å². The minimum absolute atomic E-state index is 0.0601. The molecule has 0 atom stereocenters. The zero-order valence-electron chi connectivity index (χ0n) is 18.0. The molecule has 1 aromatic carbocycles. The number of nitrogens with zero attached hydrogens (tertiary/aromatic N) is 5. The average Bonchev–Trinajstić information content (AvgIpc) is 2.81. The van der Waals surface area contributed by atoms with Crippen molar-refractivity contribution in [2.75, 3.05) is 31.1 Å². The molecule has 1 amide bonds. The van der Waals surface area contributed by atoms with Gasteiger partial charge in [0.15, 0.2) is 5.82 Å². The molecule has 1 aromatic heterocycles. The van der Waals surface area contributed by atoms with Crippen LogP contribution in [0, 0.1) is 16.0 Å². The minimum atomic E-state index is -0.403. The summed E-state index contributed by atoms with van der Waals surface area (Å²) in [7, 11) is 0. The summed E-state index contributed by atoms with van der Waals surface area (Å²) in [6, 6.07) is 8.44. The van der Waals surface area contributed by atoms with Crippen LogP contribution in [0.4, 0.5) is 11.5 Å². The maximum absolute atomic E-state index is 12.1. The van der Waals surface area contributed by atoms with E-state index >= 15 is 0 Å². The van der Waals surface area contributed by atoms with E-state index in [0.717, 1.165) is 75.4 Å². The lowest BCUT2D eigenvalue weighted by Gasteiger charge is -2.36. The van der Waals surface area contributed by atoms with Gasteiger partial charge in [-0.25, -0.2) is 9.97 Å². The summed E-state index contributed by atoms with van der Waals surface area (Å²) in [4.78, 5) is 36.4. The first-order valence-corrected chi connectivity index (χ1v) is 11.2. The molecule has 8 nitrogen and oxygen atoms in total. The number of nitro benzene ring substituents is 1. The SMILES string of the molecule is CCc1cc(N2CCC(CN3CCCCC3=O)CC2)nc(-c2ccc([N+](=O)[O-])cc2)n1. The monoisotopic (exact) mass is 423 g/mol. The van der Waals surface area contributed by atoms with Gasteiger partial charge >= 0.3 is 0 Å². The molecule has 0 radical (unpaired) electrons. The van der Waals surface area contributed by atoms with E-state index in [9.17, 15) is 14.9 Å². The van der Waals surface area contributed by atoms with Crippen LogP contribution in [0.15, 0.2) is 30.3 Å². The van der Waals surface area contributed by atoms with Gasteiger partial charge in [-0.1, -0.05) is 6.92 Å². The highest BCUT2D eigenvalue weighted by Gasteiger charge is 2.26. The zero-order chi connectivity index (χ0) is 21.8. The smallest absolute Gasteiger partial charge is 0.269 e. The van der Waals surface area contributed by atoms with Gasteiger partial charge in [-0.2, -0.15) is 0 Å². The van der Waals surface area contributed by atoms with Gasteiger partial charge in [0.1, 0.15) is 5.82 Å². The Labute approximate surface area is 182 Å². The fraction of sp³-hybridized carbons (Fsp3) is 0.522. The fourth-order valence-corrected chi connectivity index (χ4v) is 4.40. The third-order valence-corrected chi connectivity index (χ3v) is 6.30. The maximum Gasteiger partial charge on any atom is 0.269 e. The number of hydrogen-bond acceptors (Lipinski definition) is 6. The number of nitro groups is 1. The molecule has 2 fully saturated rings. The Bertz CT molecular complexity index is 939. The molecule has 31 heavy (non-hydrogen) atoms. The number of aryl methyl sites for hydroxylation is 1. The van der Waals surface area contributed by atoms with E-state index in [1.807, 2.05) is 6.07 Å². The molecule has 3 heterocycles. The van der Waals surface area contributed by atoms with Crippen molar-refractivity contribution in [3.8, 4) is 11.4 Å². The summed E-state index contributed by atoms with van der Waals surface area (Å²) < 4.78 is 0. The molecule has 0 spiro atoms. The Hall–Kier alpha value is -3.03. The van der Waals surface area contributed by atoms with Gasteiger partial charge in [0.25, 0.3) is 5.69 Å². The molecular weight excluding hydrogens is 394 g/mol. The summed E-state index contributed by atoms with van der Waals surface area (Å²) in [6.07, 6.45) is 5.73. The quantitative estimate of drug-likeness (QED) is 0.518. The van der Waals surface area contributed by atoms with E-state index in [1.165, 1.54) is 12.1 Å². The Morgan fingerprint density at radius 1 is 1.10 bits per heavy atom. The van der Waals surface area contributed by atoms with Crippen LogP contribution in [0.1, 0.15) is 44.7 Å². The predicted molar refractivity (Wildman–Crippen MR) is 119 cm³/mol. The van der Waals surface area contributed by atoms with Crippen LogP contribution in [0.3, 0.4) is 0 Å². The largest absolute Gasteiger partial charge is 0.356 e. The summed E-state index contributed by atoms with van der Waals surface area (Å²) in [5.41, 5.74) is 1.80. The Morgan fingerprint density at radius 2 is 1.84 bits per heavy atom. The van der Waals surface area contributed by atoms with Crippen LogP contribution in [0.5, 0.6) is 0 Å². The summed E-state index contributed by atoms with van der Waals surface area (Å²) >= 11 is 0. The molecule has 164 valence electrons. The highest BCUT2D eigenvalue weighted by molar-refractivity contribution is 5.76. The molecule has 0 saturated carbocycles. The van der Waals surface area contributed by atoms with Gasteiger partial charge in [-0.15, -0.1) is 0 Å². The number of hydrogen-bond donors (Lipinski definition) is 0. The molecule has 2 saturated heterocycles. The second-order valence-corrected chi connectivity index (χ2v) is 8.43. The summed E-state index contributed by atoms with van der Waals surface area (Å²) in [6.45, 7) is 5.67. The molecule has 2 aliphatic heterocycles. The zero-order valence-corrected chi connectivity index (χ0v) is 18.0. The second kappa shape index (κ2) is 9.41.